The molecule has 2 atom stereocenters. The van der Waals surface area contributed by atoms with E-state index in [1.807, 2.05) is 0 Å². The third-order valence-corrected chi connectivity index (χ3v) is 5.73. The van der Waals surface area contributed by atoms with Crippen molar-refractivity contribution in [1.82, 2.24) is 10.2 Å². The van der Waals surface area contributed by atoms with Gasteiger partial charge < -0.3 is 25.0 Å². The molecule has 1 heterocycles. The summed E-state index contributed by atoms with van der Waals surface area (Å²) in [6.07, 6.45) is 0.565. The Morgan fingerprint density at radius 3 is 1.65 bits per heavy atom. The van der Waals surface area contributed by atoms with Crippen LogP contribution in [0.25, 0.3) is 0 Å². The number of hydrogen-bond acceptors (Lipinski definition) is 6. The molecule has 31 heavy (non-hydrogen) atoms. The molecule has 0 aliphatic carbocycles. The molecule has 1 aliphatic rings. The standard InChI is InChI=1S/C23H30Cl2N2O4/c24-17-1-5-22(6-2-17)30-15-20(28)13-27(19-9-11-26-12-10-19)14-21(29)16-31-23-7-3-18(25)4-8-23/h1-8,19-21,26,28-29H,9-16H2. The molecule has 1 saturated heterocycles. The fraction of sp³-hybridized carbons (Fsp3) is 0.478. The Morgan fingerprint density at radius 2 is 1.23 bits per heavy atom. The SMILES string of the molecule is OC(COc1ccc(Cl)cc1)CN(CC(O)COc1ccc(Cl)cc1)C1CCNCC1. The minimum absolute atomic E-state index is 0.167. The second kappa shape index (κ2) is 12.5. The van der Waals surface area contributed by atoms with Crippen LogP contribution in [0.1, 0.15) is 12.8 Å². The molecule has 0 spiro atoms. The number of piperidine rings is 1. The van der Waals surface area contributed by atoms with E-state index in [2.05, 4.69) is 10.2 Å². The second-order valence-electron chi connectivity index (χ2n) is 7.77. The van der Waals surface area contributed by atoms with Crippen molar-refractivity contribution >= 4 is 23.2 Å². The maximum atomic E-state index is 10.6. The Labute approximate surface area is 193 Å². The van der Waals surface area contributed by atoms with Crippen LogP contribution in [0.2, 0.25) is 10.0 Å². The first-order chi connectivity index (χ1) is 15.0. The highest BCUT2D eigenvalue weighted by molar-refractivity contribution is 6.30. The van der Waals surface area contributed by atoms with Gasteiger partial charge in [0.05, 0.1) is 0 Å². The van der Waals surface area contributed by atoms with E-state index >= 15 is 0 Å². The number of aliphatic hydroxyl groups is 2. The Morgan fingerprint density at radius 1 is 0.806 bits per heavy atom. The van der Waals surface area contributed by atoms with Gasteiger partial charge in [-0.2, -0.15) is 0 Å². The third-order valence-electron chi connectivity index (χ3n) is 5.23. The maximum absolute atomic E-state index is 10.6. The molecule has 0 amide bonds. The summed E-state index contributed by atoms with van der Waals surface area (Å²) in [6.45, 7) is 3.01. The first kappa shape index (κ1) is 24.1. The molecular weight excluding hydrogens is 439 g/mol. The lowest BCUT2D eigenvalue weighted by Crippen LogP contribution is -2.50. The fourth-order valence-electron chi connectivity index (χ4n) is 3.64. The molecule has 2 unspecified atom stereocenters. The summed E-state index contributed by atoms with van der Waals surface area (Å²) < 4.78 is 11.4. The van der Waals surface area contributed by atoms with Crippen LogP contribution in [0.5, 0.6) is 11.5 Å². The van der Waals surface area contributed by atoms with Crippen molar-refractivity contribution in [3.63, 3.8) is 0 Å². The van der Waals surface area contributed by atoms with Gasteiger partial charge in [-0.3, -0.25) is 4.90 Å². The molecule has 0 radical (unpaired) electrons. The zero-order valence-corrected chi connectivity index (χ0v) is 18.9. The van der Waals surface area contributed by atoms with Crippen LogP contribution in [-0.2, 0) is 0 Å². The Bertz CT molecular complexity index is 713. The summed E-state index contributed by atoms with van der Waals surface area (Å²) in [5.41, 5.74) is 0. The zero-order chi connectivity index (χ0) is 22.1. The van der Waals surface area contributed by atoms with E-state index in [0.29, 0.717) is 34.6 Å². The lowest BCUT2D eigenvalue weighted by molar-refractivity contribution is 0.00803. The number of halogens is 2. The molecule has 2 aromatic carbocycles. The Balaban J connectivity index is 1.51. The van der Waals surface area contributed by atoms with Crippen molar-refractivity contribution in [1.29, 1.82) is 0 Å². The number of aliphatic hydroxyl groups excluding tert-OH is 2. The van der Waals surface area contributed by atoms with Gasteiger partial charge in [-0.05, 0) is 74.5 Å². The highest BCUT2D eigenvalue weighted by Crippen LogP contribution is 2.18. The van der Waals surface area contributed by atoms with Crippen molar-refractivity contribution in [2.75, 3.05) is 39.4 Å². The molecule has 3 rings (SSSR count). The normalized spacial score (nSPS) is 16.8. The molecule has 2 aromatic rings. The minimum Gasteiger partial charge on any atom is -0.491 e. The summed E-state index contributed by atoms with van der Waals surface area (Å²) in [4.78, 5) is 2.15. The van der Waals surface area contributed by atoms with E-state index < -0.39 is 12.2 Å². The average Bonchev–Trinajstić information content (AvgIpc) is 2.78. The van der Waals surface area contributed by atoms with E-state index in [0.717, 1.165) is 25.9 Å². The predicted molar refractivity (Wildman–Crippen MR) is 123 cm³/mol. The van der Waals surface area contributed by atoms with Crippen molar-refractivity contribution in [3.05, 3.63) is 58.6 Å². The van der Waals surface area contributed by atoms with Crippen LogP contribution in [0.15, 0.2) is 48.5 Å². The molecule has 0 bridgehead atoms. The molecule has 170 valence electrons. The van der Waals surface area contributed by atoms with Crippen LogP contribution in [0.4, 0.5) is 0 Å². The summed E-state index contributed by atoms with van der Waals surface area (Å²) in [5.74, 6) is 1.32. The first-order valence-electron chi connectivity index (χ1n) is 10.6. The molecule has 6 nitrogen and oxygen atoms in total. The summed E-state index contributed by atoms with van der Waals surface area (Å²) >= 11 is 11.8. The predicted octanol–water partition coefficient (Wildman–Crippen LogP) is 3.23. The lowest BCUT2D eigenvalue weighted by atomic mass is 10.0. The molecular formula is C23H30Cl2N2O4. The van der Waals surface area contributed by atoms with E-state index in [1.54, 1.807) is 48.5 Å². The quantitative estimate of drug-likeness (QED) is 0.470. The van der Waals surface area contributed by atoms with Crippen LogP contribution in [0, 0.1) is 0 Å². The zero-order valence-electron chi connectivity index (χ0n) is 17.4. The van der Waals surface area contributed by atoms with Gasteiger partial charge in [0.25, 0.3) is 0 Å². The summed E-state index contributed by atoms with van der Waals surface area (Å²) in [7, 11) is 0. The molecule has 1 fully saturated rings. The second-order valence-corrected chi connectivity index (χ2v) is 8.65. The van der Waals surface area contributed by atoms with E-state index in [4.69, 9.17) is 32.7 Å². The average molecular weight is 469 g/mol. The number of nitrogens with zero attached hydrogens (tertiary/aromatic N) is 1. The van der Waals surface area contributed by atoms with Crippen LogP contribution in [0.3, 0.4) is 0 Å². The fourth-order valence-corrected chi connectivity index (χ4v) is 3.89. The summed E-state index contributed by atoms with van der Waals surface area (Å²) in [5, 5.41) is 25.8. The number of hydrogen-bond donors (Lipinski definition) is 3. The largest absolute Gasteiger partial charge is 0.491 e. The minimum atomic E-state index is -0.685. The van der Waals surface area contributed by atoms with Crippen molar-refractivity contribution in [2.24, 2.45) is 0 Å². The number of rotatable bonds is 11. The van der Waals surface area contributed by atoms with Gasteiger partial charge >= 0.3 is 0 Å². The van der Waals surface area contributed by atoms with Gasteiger partial charge in [-0.25, -0.2) is 0 Å². The topological polar surface area (TPSA) is 74.2 Å². The Kier molecular flexibility index (Phi) is 9.71. The maximum Gasteiger partial charge on any atom is 0.119 e. The smallest absolute Gasteiger partial charge is 0.119 e. The highest BCUT2D eigenvalue weighted by Gasteiger charge is 2.25. The monoisotopic (exact) mass is 468 g/mol. The van der Waals surface area contributed by atoms with E-state index in [1.165, 1.54) is 0 Å². The van der Waals surface area contributed by atoms with Gasteiger partial charge in [0.15, 0.2) is 0 Å². The van der Waals surface area contributed by atoms with E-state index in [9.17, 15) is 10.2 Å². The van der Waals surface area contributed by atoms with Gasteiger partial charge in [-0.15, -0.1) is 0 Å². The molecule has 0 aromatic heterocycles. The number of nitrogens with one attached hydrogen (secondary N) is 1. The Hall–Kier alpha value is -1.54. The van der Waals surface area contributed by atoms with Crippen LogP contribution >= 0.6 is 23.2 Å². The lowest BCUT2D eigenvalue weighted by Gasteiger charge is -2.36. The number of benzene rings is 2. The molecule has 1 aliphatic heterocycles. The highest BCUT2D eigenvalue weighted by atomic mass is 35.5. The van der Waals surface area contributed by atoms with Crippen molar-refractivity contribution in [2.45, 2.75) is 31.1 Å². The van der Waals surface area contributed by atoms with E-state index in [-0.39, 0.29) is 19.3 Å². The van der Waals surface area contributed by atoms with Gasteiger partial charge in [0.2, 0.25) is 0 Å². The molecule has 0 saturated carbocycles. The van der Waals surface area contributed by atoms with Gasteiger partial charge in [-0.1, -0.05) is 23.2 Å². The van der Waals surface area contributed by atoms with Crippen LogP contribution in [-0.4, -0.2) is 72.8 Å². The number of ether oxygens (including phenoxy) is 2. The van der Waals surface area contributed by atoms with Gasteiger partial charge in [0, 0.05) is 29.2 Å². The third kappa shape index (κ3) is 8.48. The molecule has 3 N–H and O–H groups in total. The van der Waals surface area contributed by atoms with Crippen LogP contribution < -0.4 is 14.8 Å². The first-order valence-corrected chi connectivity index (χ1v) is 11.3. The van der Waals surface area contributed by atoms with Gasteiger partial charge in [0.1, 0.15) is 36.9 Å². The summed E-state index contributed by atoms with van der Waals surface area (Å²) in [6, 6.07) is 14.4. The van der Waals surface area contributed by atoms with Crippen molar-refractivity contribution < 1.29 is 19.7 Å². The van der Waals surface area contributed by atoms with Crippen molar-refractivity contribution in [3.8, 4) is 11.5 Å². The molecule has 8 heteroatoms.